The lowest BCUT2D eigenvalue weighted by molar-refractivity contribution is 0.0667. The van der Waals surface area contributed by atoms with Crippen LogP contribution in [0.3, 0.4) is 0 Å². The van der Waals surface area contributed by atoms with Crippen molar-refractivity contribution in [3.05, 3.63) is 33.6 Å². The van der Waals surface area contributed by atoms with E-state index < -0.39 is 5.82 Å². The number of halogens is 4. The normalized spacial score (nSPS) is 17.5. The van der Waals surface area contributed by atoms with E-state index >= 15 is 0 Å². The molecule has 1 aromatic carbocycles. The number of carbonyl (C=O) groups is 1. The SMILES string of the molecule is CC(C)CN(C(=O)c1cc(F)c(Cl)cc1Cl)[C@H]1CCNC1.Cl. The quantitative estimate of drug-likeness (QED) is 0.813. The molecule has 1 heterocycles. The topological polar surface area (TPSA) is 32.3 Å². The Labute approximate surface area is 146 Å². The Morgan fingerprint density at radius 1 is 1.41 bits per heavy atom. The molecule has 1 amide bonds. The van der Waals surface area contributed by atoms with Crippen LogP contribution in [-0.4, -0.2) is 36.5 Å². The number of hydrogen-bond acceptors (Lipinski definition) is 2. The second kappa shape index (κ2) is 8.34. The Balaban J connectivity index is 0.00000242. The van der Waals surface area contributed by atoms with Crippen molar-refractivity contribution in [1.29, 1.82) is 0 Å². The molecule has 0 radical (unpaired) electrons. The number of benzene rings is 1. The van der Waals surface area contributed by atoms with Crippen LogP contribution in [0.15, 0.2) is 12.1 Å². The van der Waals surface area contributed by atoms with Crippen molar-refractivity contribution < 1.29 is 9.18 Å². The van der Waals surface area contributed by atoms with E-state index in [0.29, 0.717) is 12.5 Å². The third-order valence-corrected chi connectivity index (χ3v) is 4.14. The first-order chi connectivity index (χ1) is 9.90. The molecule has 0 aromatic heterocycles. The molecule has 0 bridgehead atoms. The Morgan fingerprint density at radius 3 is 2.64 bits per heavy atom. The smallest absolute Gasteiger partial charge is 0.255 e. The van der Waals surface area contributed by atoms with Crippen LogP contribution >= 0.6 is 35.6 Å². The van der Waals surface area contributed by atoms with Crippen LogP contribution in [0, 0.1) is 11.7 Å². The lowest BCUT2D eigenvalue weighted by Gasteiger charge is -2.30. The lowest BCUT2D eigenvalue weighted by Crippen LogP contribution is -2.43. The summed E-state index contributed by atoms with van der Waals surface area (Å²) in [4.78, 5) is 14.5. The number of amides is 1. The fourth-order valence-electron chi connectivity index (χ4n) is 2.54. The summed E-state index contributed by atoms with van der Waals surface area (Å²) >= 11 is 11.8. The molecule has 124 valence electrons. The van der Waals surface area contributed by atoms with Gasteiger partial charge >= 0.3 is 0 Å². The van der Waals surface area contributed by atoms with E-state index in [4.69, 9.17) is 23.2 Å². The maximum atomic E-state index is 13.6. The molecule has 1 aliphatic rings. The minimum Gasteiger partial charge on any atom is -0.334 e. The van der Waals surface area contributed by atoms with Gasteiger partial charge in [-0.3, -0.25) is 4.79 Å². The van der Waals surface area contributed by atoms with Gasteiger partial charge in [-0.05, 0) is 31.0 Å². The van der Waals surface area contributed by atoms with Crippen molar-refractivity contribution in [3.63, 3.8) is 0 Å². The molecule has 7 heteroatoms. The molecule has 0 unspecified atom stereocenters. The van der Waals surface area contributed by atoms with Crippen molar-refractivity contribution in [2.45, 2.75) is 26.3 Å². The summed E-state index contributed by atoms with van der Waals surface area (Å²) in [5.74, 6) is -0.540. The Bertz CT molecular complexity index is 534. The fraction of sp³-hybridized carbons (Fsp3) is 0.533. The molecule has 1 aromatic rings. The van der Waals surface area contributed by atoms with E-state index in [1.54, 1.807) is 4.90 Å². The summed E-state index contributed by atoms with van der Waals surface area (Å²) in [6.07, 6.45) is 0.895. The highest BCUT2D eigenvalue weighted by atomic mass is 35.5. The van der Waals surface area contributed by atoms with Gasteiger partial charge in [-0.25, -0.2) is 4.39 Å². The Morgan fingerprint density at radius 2 is 2.09 bits per heavy atom. The largest absolute Gasteiger partial charge is 0.334 e. The molecule has 3 nitrogen and oxygen atoms in total. The maximum absolute atomic E-state index is 13.6. The van der Waals surface area contributed by atoms with Crippen LogP contribution in [0.25, 0.3) is 0 Å². The fourth-order valence-corrected chi connectivity index (χ4v) is 3.00. The van der Waals surface area contributed by atoms with Crippen molar-refractivity contribution in [1.82, 2.24) is 10.2 Å². The van der Waals surface area contributed by atoms with Crippen molar-refractivity contribution in [2.24, 2.45) is 5.92 Å². The molecule has 0 saturated carbocycles. The van der Waals surface area contributed by atoms with Crippen LogP contribution in [0.2, 0.25) is 10.0 Å². The predicted molar refractivity (Wildman–Crippen MR) is 90.8 cm³/mol. The van der Waals surface area contributed by atoms with Crippen molar-refractivity contribution in [3.8, 4) is 0 Å². The third kappa shape index (κ3) is 4.48. The zero-order valence-corrected chi connectivity index (χ0v) is 14.9. The molecular formula is C15H20Cl3FN2O. The second-order valence-corrected chi connectivity index (χ2v) is 6.56. The highest BCUT2D eigenvalue weighted by Crippen LogP contribution is 2.26. The zero-order chi connectivity index (χ0) is 15.6. The first-order valence-electron chi connectivity index (χ1n) is 7.06. The van der Waals surface area contributed by atoms with Gasteiger partial charge < -0.3 is 10.2 Å². The summed E-state index contributed by atoms with van der Waals surface area (Å²) in [6.45, 7) is 6.35. The second-order valence-electron chi connectivity index (χ2n) is 5.74. The van der Waals surface area contributed by atoms with Gasteiger partial charge in [0, 0.05) is 19.1 Å². The van der Waals surface area contributed by atoms with Gasteiger partial charge in [0.15, 0.2) is 0 Å². The van der Waals surface area contributed by atoms with E-state index in [2.05, 4.69) is 5.32 Å². The first kappa shape index (κ1) is 19.5. The molecule has 2 rings (SSSR count). The van der Waals surface area contributed by atoms with E-state index in [1.165, 1.54) is 6.07 Å². The summed E-state index contributed by atoms with van der Waals surface area (Å²) < 4.78 is 13.6. The van der Waals surface area contributed by atoms with Gasteiger partial charge in [0.05, 0.1) is 15.6 Å². The number of nitrogens with one attached hydrogen (secondary N) is 1. The average molecular weight is 370 g/mol. The van der Waals surface area contributed by atoms with E-state index in [0.717, 1.165) is 25.6 Å². The van der Waals surface area contributed by atoms with Crippen molar-refractivity contribution >= 4 is 41.5 Å². The number of carbonyl (C=O) groups excluding carboxylic acids is 1. The molecule has 1 saturated heterocycles. The number of rotatable bonds is 4. The predicted octanol–water partition coefficient (Wildman–Crippen LogP) is 4.01. The number of hydrogen-bond donors (Lipinski definition) is 1. The minimum absolute atomic E-state index is 0. The molecule has 1 N–H and O–H groups in total. The highest BCUT2D eigenvalue weighted by molar-refractivity contribution is 6.36. The van der Waals surface area contributed by atoms with Crippen LogP contribution in [-0.2, 0) is 0 Å². The third-order valence-electron chi connectivity index (χ3n) is 3.54. The van der Waals surface area contributed by atoms with Gasteiger partial charge in [-0.15, -0.1) is 12.4 Å². The average Bonchev–Trinajstić information content (AvgIpc) is 2.93. The van der Waals surface area contributed by atoms with E-state index in [-0.39, 0.29) is 40.0 Å². The van der Waals surface area contributed by atoms with Crippen LogP contribution < -0.4 is 5.32 Å². The molecule has 1 aliphatic heterocycles. The molecule has 22 heavy (non-hydrogen) atoms. The van der Waals surface area contributed by atoms with Crippen LogP contribution in [0.1, 0.15) is 30.6 Å². The monoisotopic (exact) mass is 368 g/mol. The summed E-state index contributed by atoms with van der Waals surface area (Å²) in [5.41, 5.74) is 0.172. The van der Waals surface area contributed by atoms with Crippen molar-refractivity contribution in [2.75, 3.05) is 19.6 Å². The van der Waals surface area contributed by atoms with Gasteiger partial charge in [0.1, 0.15) is 5.82 Å². The number of nitrogens with zero attached hydrogens (tertiary/aromatic N) is 1. The molecule has 1 fully saturated rings. The van der Waals surface area contributed by atoms with Crippen LogP contribution in [0.5, 0.6) is 0 Å². The standard InChI is InChI=1S/C15H19Cl2FN2O.ClH/c1-9(2)8-20(10-3-4-19-7-10)15(21)11-5-14(18)13(17)6-12(11)16;/h5-6,9-10,19H,3-4,7-8H2,1-2H3;1H/t10-;/m0./s1. The summed E-state index contributed by atoms with van der Waals surface area (Å²) in [5, 5.41) is 3.36. The Hall–Kier alpha value is -0.550. The summed E-state index contributed by atoms with van der Waals surface area (Å²) in [7, 11) is 0. The lowest BCUT2D eigenvalue weighted by atomic mass is 10.1. The highest BCUT2D eigenvalue weighted by Gasteiger charge is 2.29. The molecule has 0 aliphatic carbocycles. The van der Waals surface area contributed by atoms with Gasteiger partial charge in [-0.2, -0.15) is 0 Å². The van der Waals surface area contributed by atoms with Gasteiger partial charge in [0.2, 0.25) is 0 Å². The maximum Gasteiger partial charge on any atom is 0.255 e. The summed E-state index contributed by atoms with van der Waals surface area (Å²) in [6, 6.07) is 2.53. The van der Waals surface area contributed by atoms with Crippen LogP contribution in [0.4, 0.5) is 4.39 Å². The molecule has 1 atom stereocenters. The van der Waals surface area contributed by atoms with Gasteiger partial charge in [-0.1, -0.05) is 37.0 Å². The minimum atomic E-state index is -0.626. The van der Waals surface area contributed by atoms with E-state index in [9.17, 15) is 9.18 Å². The molecule has 0 spiro atoms. The molecular weight excluding hydrogens is 350 g/mol. The van der Waals surface area contributed by atoms with E-state index in [1.807, 2.05) is 13.8 Å². The van der Waals surface area contributed by atoms with Gasteiger partial charge in [0.25, 0.3) is 5.91 Å². The zero-order valence-electron chi connectivity index (χ0n) is 12.5. The Kier molecular flexibility index (Phi) is 7.39. The first-order valence-corrected chi connectivity index (χ1v) is 7.82.